The van der Waals surface area contributed by atoms with Crippen molar-refractivity contribution in [3.63, 3.8) is 0 Å². The highest BCUT2D eigenvalue weighted by Gasteiger charge is 2.23. The molecule has 0 saturated carbocycles. The van der Waals surface area contributed by atoms with Gasteiger partial charge in [0.05, 0.1) is 13.7 Å². The Morgan fingerprint density at radius 2 is 2.00 bits per heavy atom. The van der Waals surface area contributed by atoms with Crippen molar-refractivity contribution in [2.45, 2.75) is 38.3 Å². The third kappa shape index (κ3) is 6.13. The molecule has 1 aliphatic heterocycles. The number of piperidine rings is 1. The summed E-state index contributed by atoms with van der Waals surface area (Å²) in [6, 6.07) is 10.1. The van der Waals surface area contributed by atoms with Crippen LogP contribution < -0.4 is 15.4 Å². The molecule has 1 amide bonds. The maximum Gasteiger partial charge on any atom is 0.409 e. The number of aliphatic imine (C=N–C) groups is 1. The number of rotatable bonds is 6. The molecule has 0 bridgehead atoms. The van der Waals surface area contributed by atoms with Crippen molar-refractivity contribution in [2.75, 3.05) is 33.8 Å². The van der Waals surface area contributed by atoms with Crippen LogP contribution in [0.15, 0.2) is 35.3 Å². The van der Waals surface area contributed by atoms with Crippen LogP contribution in [-0.4, -0.2) is 62.9 Å². The van der Waals surface area contributed by atoms with E-state index in [1.165, 1.54) is 7.11 Å². The van der Waals surface area contributed by atoms with E-state index in [4.69, 9.17) is 9.47 Å². The molecule has 1 aromatic rings. The first kappa shape index (κ1) is 19.9. The number of guanidine groups is 1. The fourth-order valence-corrected chi connectivity index (χ4v) is 2.89. The van der Waals surface area contributed by atoms with Crippen molar-refractivity contribution in [1.82, 2.24) is 15.5 Å². The van der Waals surface area contributed by atoms with Crippen LogP contribution in [0.5, 0.6) is 5.75 Å². The zero-order valence-electron chi connectivity index (χ0n) is 15.9. The number of benzene rings is 1. The van der Waals surface area contributed by atoms with Crippen molar-refractivity contribution in [3.8, 4) is 5.75 Å². The highest BCUT2D eigenvalue weighted by atomic mass is 16.5. The van der Waals surface area contributed by atoms with Gasteiger partial charge in [0.2, 0.25) is 0 Å². The van der Waals surface area contributed by atoms with Gasteiger partial charge in [-0.15, -0.1) is 0 Å². The molecular formula is C19H30N4O3. The fourth-order valence-electron chi connectivity index (χ4n) is 2.89. The Kier molecular flexibility index (Phi) is 8.05. The van der Waals surface area contributed by atoms with E-state index in [0.717, 1.165) is 31.0 Å². The van der Waals surface area contributed by atoms with E-state index in [9.17, 15) is 4.79 Å². The number of methoxy groups -OCH3 is 1. The van der Waals surface area contributed by atoms with Crippen LogP contribution in [0.2, 0.25) is 0 Å². The number of hydrogen-bond acceptors (Lipinski definition) is 4. The van der Waals surface area contributed by atoms with Gasteiger partial charge in [-0.1, -0.05) is 25.1 Å². The largest absolute Gasteiger partial charge is 0.489 e. The van der Waals surface area contributed by atoms with Gasteiger partial charge in [-0.2, -0.15) is 0 Å². The molecule has 0 spiro atoms. The number of amides is 1. The molecule has 1 unspecified atom stereocenters. The maximum atomic E-state index is 11.5. The van der Waals surface area contributed by atoms with E-state index in [1.54, 1.807) is 11.9 Å². The van der Waals surface area contributed by atoms with Gasteiger partial charge in [0, 0.05) is 26.2 Å². The Bertz CT molecular complexity index is 571. The predicted molar refractivity (Wildman–Crippen MR) is 103 cm³/mol. The number of nitrogens with one attached hydrogen (secondary N) is 2. The molecule has 1 saturated heterocycles. The van der Waals surface area contributed by atoms with E-state index in [1.807, 2.05) is 30.3 Å². The molecular weight excluding hydrogens is 332 g/mol. The van der Waals surface area contributed by atoms with Crippen LogP contribution >= 0.6 is 0 Å². The Morgan fingerprint density at radius 1 is 1.31 bits per heavy atom. The Hall–Kier alpha value is -2.44. The normalized spacial score (nSPS) is 16.7. The minimum Gasteiger partial charge on any atom is -0.489 e. The molecule has 7 heteroatoms. The van der Waals surface area contributed by atoms with E-state index < -0.39 is 0 Å². The highest BCUT2D eigenvalue weighted by molar-refractivity contribution is 5.80. The second-order valence-corrected chi connectivity index (χ2v) is 6.29. The van der Waals surface area contributed by atoms with Gasteiger partial charge in [-0.25, -0.2) is 4.79 Å². The van der Waals surface area contributed by atoms with Crippen molar-refractivity contribution in [3.05, 3.63) is 30.3 Å². The summed E-state index contributed by atoms with van der Waals surface area (Å²) >= 11 is 0. The summed E-state index contributed by atoms with van der Waals surface area (Å²) in [7, 11) is 3.18. The maximum absolute atomic E-state index is 11.5. The minimum atomic E-state index is -0.255. The van der Waals surface area contributed by atoms with E-state index in [0.29, 0.717) is 19.6 Å². The number of carbonyl (C=O) groups is 1. The summed E-state index contributed by atoms with van der Waals surface area (Å²) < 4.78 is 10.8. The summed E-state index contributed by atoms with van der Waals surface area (Å²) in [5.41, 5.74) is 0. The second-order valence-electron chi connectivity index (χ2n) is 6.29. The lowest BCUT2D eigenvalue weighted by molar-refractivity contribution is 0.111. The average molecular weight is 362 g/mol. The lowest BCUT2D eigenvalue weighted by Gasteiger charge is -2.32. The van der Waals surface area contributed by atoms with E-state index in [-0.39, 0.29) is 18.2 Å². The molecule has 0 aromatic heterocycles. The number of hydrogen-bond donors (Lipinski definition) is 2. The predicted octanol–water partition coefficient (Wildman–Crippen LogP) is 2.24. The topological polar surface area (TPSA) is 75.2 Å². The first-order valence-corrected chi connectivity index (χ1v) is 9.18. The number of likely N-dealkylation sites (tertiary alicyclic amines) is 1. The zero-order valence-corrected chi connectivity index (χ0v) is 15.9. The van der Waals surface area contributed by atoms with E-state index in [2.05, 4.69) is 22.5 Å². The average Bonchev–Trinajstić information content (AvgIpc) is 2.70. The minimum absolute atomic E-state index is 0.0668. The molecule has 2 rings (SSSR count). The number of carbonyl (C=O) groups excluding carboxylic acids is 1. The molecule has 144 valence electrons. The van der Waals surface area contributed by atoms with Gasteiger partial charge in [0.1, 0.15) is 11.9 Å². The number of ether oxygens (including phenoxy) is 2. The van der Waals surface area contributed by atoms with Gasteiger partial charge >= 0.3 is 6.09 Å². The molecule has 7 nitrogen and oxygen atoms in total. The number of nitrogens with zero attached hydrogens (tertiary/aromatic N) is 2. The Labute approximate surface area is 155 Å². The first-order valence-electron chi connectivity index (χ1n) is 9.18. The molecule has 0 radical (unpaired) electrons. The highest BCUT2D eigenvalue weighted by Crippen LogP contribution is 2.13. The van der Waals surface area contributed by atoms with Gasteiger partial charge in [0.15, 0.2) is 5.96 Å². The third-order valence-electron chi connectivity index (χ3n) is 4.49. The second kappa shape index (κ2) is 10.5. The molecule has 1 atom stereocenters. The van der Waals surface area contributed by atoms with Crippen molar-refractivity contribution in [1.29, 1.82) is 0 Å². The molecule has 1 aromatic carbocycles. The lowest BCUT2D eigenvalue weighted by atomic mass is 10.1. The summed E-state index contributed by atoms with van der Waals surface area (Å²) in [4.78, 5) is 17.6. The summed E-state index contributed by atoms with van der Waals surface area (Å²) in [6.07, 6.45) is 2.45. The third-order valence-corrected chi connectivity index (χ3v) is 4.49. The fraction of sp³-hybridized carbons (Fsp3) is 0.579. The van der Waals surface area contributed by atoms with Crippen molar-refractivity contribution >= 4 is 12.1 Å². The van der Waals surface area contributed by atoms with Crippen LogP contribution in [0.4, 0.5) is 4.79 Å². The molecule has 26 heavy (non-hydrogen) atoms. The standard InChI is InChI=1S/C19H30N4O3/c1-4-16(26-17-8-6-5-7-9-17)14-21-18(20-2)22-15-10-12-23(13-11-15)19(24)25-3/h5-9,15-16H,4,10-14H2,1-3H3,(H2,20,21,22). The SMILES string of the molecule is CCC(CNC(=NC)NC1CCN(C(=O)OC)CC1)Oc1ccccc1. The molecule has 1 fully saturated rings. The van der Waals surface area contributed by atoms with Crippen LogP contribution in [0.25, 0.3) is 0 Å². The van der Waals surface area contributed by atoms with Gasteiger partial charge in [0.25, 0.3) is 0 Å². The Balaban J connectivity index is 1.76. The van der Waals surface area contributed by atoms with Crippen molar-refractivity contribution < 1.29 is 14.3 Å². The summed E-state index contributed by atoms with van der Waals surface area (Å²) in [6.45, 7) is 4.16. The summed E-state index contributed by atoms with van der Waals surface area (Å²) in [5, 5.41) is 6.77. The molecule has 2 N–H and O–H groups in total. The monoisotopic (exact) mass is 362 g/mol. The van der Waals surface area contributed by atoms with E-state index >= 15 is 0 Å². The zero-order chi connectivity index (χ0) is 18.8. The molecule has 1 aliphatic rings. The van der Waals surface area contributed by atoms with Crippen LogP contribution in [0.1, 0.15) is 26.2 Å². The smallest absolute Gasteiger partial charge is 0.409 e. The van der Waals surface area contributed by atoms with Gasteiger partial charge in [-0.05, 0) is 31.4 Å². The van der Waals surface area contributed by atoms with Crippen LogP contribution in [0, 0.1) is 0 Å². The van der Waals surface area contributed by atoms with Crippen LogP contribution in [0.3, 0.4) is 0 Å². The summed E-state index contributed by atoms with van der Waals surface area (Å²) in [5.74, 6) is 1.64. The van der Waals surface area contributed by atoms with Gasteiger partial charge in [-0.3, -0.25) is 4.99 Å². The first-order chi connectivity index (χ1) is 12.7. The Morgan fingerprint density at radius 3 is 2.58 bits per heavy atom. The van der Waals surface area contributed by atoms with Crippen LogP contribution in [-0.2, 0) is 4.74 Å². The molecule has 0 aliphatic carbocycles. The van der Waals surface area contributed by atoms with Gasteiger partial charge < -0.3 is 25.0 Å². The quantitative estimate of drug-likeness (QED) is 0.600. The lowest BCUT2D eigenvalue weighted by Crippen LogP contribution is -2.51. The number of para-hydroxylation sites is 1. The van der Waals surface area contributed by atoms with Crippen molar-refractivity contribution in [2.24, 2.45) is 4.99 Å². The molecule has 1 heterocycles.